The molecule has 1 unspecified atom stereocenters. The number of hydrogen-bond donors (Lipinski definition) is 1. The van der Waals surface area contributed by atoms with Crippen molar-refractivity contribution in [2.24, 2.45) is 0 Å². The van der Waals surface area contributed by atoms with E-state index in [2.05, 4.69) is 5.32 Å². The van der Waals surface area contributed by atoms with E-state index in [1.165, 1.54) is 0 Å². The number of halogens is 2. The molecule has 1 atom stereocenters. The average Bonchev–Trinajstić information content (AvgIpc) is 2.87. The number of amides is 2. The topological polar surface area (TPSA) is 76.5 Å². The minimum Gasteiger partial charge on any atom is -0.383 e. The molecule has 9 heteroatoms. The molecule has 0 radical (unpaired) electrons. The van der Waals surface area contributed by atoms with Gasteiger partial charge in [0.05, 0.1) is 45.0 Å². The lowest BCUT2D eigenvalue weighted by molar-refractivity contribution is 0.137. The Morgan fingerprint density at radius 1 is 1.06 bits per heavy atom. The molecule has 1 heterocycles. The zero-order valence-corrected chi connectivity index (χ0v) is 20.8. The standard InChI is InChI=1S/C26H24Cl2N4O3/c1-17(31(15-16-35-2)26(34)30-22-14-8-12-20(27)23(22)28)24-29-21-13-7-6-11-19(21)25(33)32(24)18-9-4-3-5-10-18/h3-14,17H,15-16H2,1-2H3,(H,30,34). The predicted molar refractivity (Wildman–Crippen MR) is 140 cm³/mol. The summed E-state index contributed by atoms with van der Waals surface area (Å²) in [4.78, 5) is 33.4. The monoisotopic (exact) mass is 510 g/mol. The van der Waals surface area contributed by atoms with Gasteiger partial charge in [-0.05, 0) is 43.3 Å². The molecule has 0 bridgehead atoms. The number of aromatic nitrogens is 2. The Kier molecular flexibility index (Phi) is 7.70. The molecule has 3 aromatic carbocycles. The fourth-order valence-corrected chi connectivity index (χ4v) is 4.19. The number of hydrogen-bond acceptors (Lipinski definition) is 4. The molecule has 180 valence electrons. The van der Waals surface area contributed by atoms with Crippen LogP contribution < -0.4 is 10.9 Å². The van der Waals surface area contributed by atoms with Gasteiger partial charge in [0, 0.05) is 13.7 Å². The SMILES string of the molecule is COCCN(C(=O)Nc1cccc(Cl)c1Cl)C(C)c1nc2ccccc2c(=O)n1-c1ccccc1. The highest BCUT2D eigenvalue weighted by molar-refractivity contribution is 6.43. The number of benzene rings is 3. The maximum absolute atomic E-state index is 13.6. The smallest absolute Gasteiger partial charge is 0.322 e. The third-order valence-electron chi connectivity index (χ3n) is 5.65. The fraction of sp³-hybridized carbons (Fsp3) is 0.192. The van der Waals surface area contributed by atoms with Crippen molar-refractivity contribution < 1.29 is 9.53 Å². The van der Waals surface area contributed by atoms with Crippen LogP contribution in [0.4, 0.5) is 10.5 Å². The molecule has 0 fully saturated rings. The average molecular weight is 511 g/mol. The van der Waals surface area contributed by atoms with E-state index in [9.17, 15) is 9.59 Å². The van der Waals surface area contributed by atoms with Crippen molar-refractivity contribution in [2.45, 2.75) is 13.0 Å². The van der Waals surface area contributed by atoms with Crippen LogP contribution in [0.3, 0.4) is 0 Å². The summed E-state index contributed by atoms with van der Waals surface area (Å²) in [6, 6.07) is 20.4. The Balaban J connectivity index is 1.82. The van der Waals surface area contributed by atoms with Gasteiger partial charge in [0.1, 0.15) is 5.82 Å². The van der Waals surface area contributed by atoms with E-state index in [1.807, 2.05) is 43.3 Å². The van der Waals surface area contributed by atoms with E-state index < -0.39 is 12.1 Å². The van der Waals surface area contributed by atoms with E-state index in [4.69, 9.17) is 32.9 Å². The van der Waals surface area contributed by atoms with Gasteiger partial charge < -0.3 is 15.0 Å². The van der Waals surface area contributed by atoms with E-state index in [-0.39, 0.29) is 23.7 Å². The lowest BCUT2D eigenvalue weighted by atomic mass is 10.2. The molecular formula is C26H24Cl2N4O3. The number of para-hydroxylation sites is 2. The van der Waals surface area contributed by atoms with Crippen molar-refractivity contribution in [3.8, 4) is 5.69 Å². The fourth-order valence-electron chi connectivity index (χ4n) is 3.84. The highest BCUT2D eigenvalue weighted by atomic mass is 35.5. The zero-order valence-electron chi connectivity index (χ0n) is 19.2. The maximum Gasteiger partial charge on any atom is 0.322 e. The Hall–Kier alpha value is -3.39. The van der Waals surface area contributed by atoms with Crippen LogP contribution in [0.15, 0.2) is 77.6 Å². The molecule has 1 aromatic heterocycles. The number of nitrogens with zero attached hydrogens (tertiary/aromatic N) is 3. The number of carbonyl (C=O) groups excluding carboxylic acids is 1. The van der Waals surface area contributed by atoms with Gasteiger partial charge in [0.15, 0.2) is 0 Å². The molecule has 0 saturated carbocycles. The van der Waals surface area contributed by atoms with Gasteiger partial charge in [0.2, 0.25) is 0 Å². The first kappa shape index (κ1) is 24.7. The van der Waals surface area contributed by atoms with Gasteiger partial charge in [-0.2, -0.15) is 0 Å². The molecule has 0 saturated heterocycles. The lowest BCUT2D eigenvalue weighted by Crippen LogP contribution is -2.41. The molecule has 4 aromatic rings. The van der Waals surface area contributed by atoms with E-state index in [0.29, 0.717) is 33.1 Å². The predicted octanol–water partition coefficient (Wildman–Crippen LogP) is 5.93. The highest BCUT2D eigenvalue weighted by Crippen LogP contribution is 2.30. The first-order valence-corrected chi connectivity index (χ1v) is 11.8. The van der Waals surface area contributed by atoms with E-state index >= 15 is 0 Å². The van der Waals surface area contributed by atoms with Crippen LogP contribution >= 0.6 is 23.2 Å². The van der Waals surface area contributed by atoms with Gasteiger partial charge in [-0.15, -0.1) is 0 Å². The number of ether oxygens (including phenoxy) is 1. The number of urea groups is 1. The second kappa shape index (κ2) is 10.9. The van der Waals surface area contributed by atoms with Crippen molar-refractivity contribution in [3.63, 3.8) is 0 Å². The molecule has 2 amide bonds. The summed E-state index contributed by atoms with van der Waals surface area (Å²) in [6.45, 7) is 2.36. The summed E-state index contributed by atoms with van der Waals surface area (Å²) in [5.74, 6) is 0.420. The van der Waals surface area contributed by atoms with Crippen molar-refractivity contribution in [1.82, 2.24) is 14.5 Å². The van der Waals surface area contributed by atoms with Crippen LogP contribution in [-0.4, -0.2) is 40.7 Å². The van der Waals surface area contributed by atoms with Crippen LogP contribution in [0.2, 0.25) is 10.0 Å². The Morgan fingerprint density at radius 3 is 2.51 bits per heavy atom. The lowest BCUT2D eigenvalue weighted by Gasteiger charge is -2.30. The van der Waals surface area contributed by atoms with Gasteiger partial charge in [-0.3, -0.25) is 9.36 Å². The van der Waals surface area contributed by atoms with Crippen molar-refractivity contribution >= 4 is 45.8 Å². The molecule has 0 aliphatic carbocycles. The van der Waals surface area contributed by atoms with Gasteiger partial charge >= 0.3 is 6.03 Å². The number of carbonyl (C=O) groups is 1. The minimum atomic E-state index is -0.597. The van der Waals surface area contributed by atoms with Crippen LogP contribution in [0.5, 0.6) is 0 Å². The molecular weight excluding hydrogens is 487 g/mol. The largest absolute Gasteiger partial charge is 0.383 e. The van der Waals surface area contributed by atoms with Crippen molar-refractivity contribution in [1.29, 1.82) is 0 Å². The summed E-state index contributed by atoms with van der Waals surface area (Å²) in [7, 11) is 1.56. The van der Waals surface area contributed by atoms with Crippen molar-refractivity contribution in [3.05, 3.63) is 99.0 Å². The highest BCUT2D eigenvalue weighted by Gasteiger charge is 2.27. The number of nitrogens with one attached hydrogen (secondary N) is 1. The maximum atomic E-state index is 13.6. The molecule has 0 spiro atoms. The summed E-state index contributed by atoms with van der Waals surface area (Å²) < 4.78 is 6.80. The molecule has 0 aliphatic rings. The van der Waals surface area contributed by atoms with Crippen LogP contribution in [0.25, 0.3) is 16.6 Å². The first-order chi connectivity index (χ1) is 16.9. The minimum absolute atomic E-state index is 0.214. The van der Waals surface area contributed by atoms with Gasteiger partial charge in [0.25, 0.3) is 5.56 Å². The number of rotatable bonds is 7. The molecule has 0 aliphatic heterocycles. The Labute approximate surface area is 212 Å². The Bertz CT molecular complexity index is 1410. The van der Waals surface area contributed by atoms with Crippen LogP contribution in [-0.2, 0) is 4.74 Å². The van der Waals surface area contributed by atoms with Crippen LogP contribution in [0, 0.1) is 0 Å². The summed E-state index contributed by atoms with van der Waals surface area (Å²) in [5, 5.41) is 3.88. The van der Waals surface area contributed by atoms with Crippen molar-refractivity contribution in [2.75, 3.05) is 25.6 Å². The second-order valence-electron chi connectivity index (χ2n) is 7.86. The molecule has 1 N–H and O–H groups in total. The van der Waals surface area contributed by atoms with Gasteiger partial charge in [-0.1, -0.05) is 59.6 Å². The van der Waals surface area contributed by atoms with E-state index in [0.717, 1.165) is 0 Å². The van der Waals surface area contributed by atoms with E-state index in [1.54, 1.807) is 53.0 Å². The Morgan fingerprint density at radius 2 is 1.77 bits per heavy atom. The second-order valence-corrected chi connectivity index (χ2v) is 8.64. The summed E-state index contributed by atoms with van der Waals surface area (Å²) in [5.41, 5.74) is 1.37. The quantitative estimate of drug-likeness (QED) is 0.334. The number of fused-ring (bicyclic) bond motifs is 1. The molecule has 35 heavy (non-hydrogen) atoms. The number of methoxy groups -OCH3 is 1. The zero-order chi connectivity index (χ0) is 24.9. The third-order valence-corrected chi connectivity index (χ3v) is 6.47. The van der Waals surface area contributed by atoms with Gasteiger partial charge in [-0.25, -0.2) is 9.78 Å². The summed E-state index contributed by atoms with van der Waals surface area (Å²) >= 11 is 12.4. The van der Waals surface area contributed by atoms with Crippen LogP contribution in [0.1, 0.15) is 18.8 Å². The molecule has 4 rings (SSSR count). The molecule has 7 nitrogen and oxygen atoms in total. The third kappa shape index (κ3) is 5.17. The number of anilines is 1. The first-order valence-electron chi connectivity index (χ1n) is 11.0. The normalized spacial score (nSPS) is 11.9. The summed E-state index contributed by atoms with van der Waals surface area (Å²) in [6.07, 6.45) is 0.